The van der Waals surface area contributed by atoms with Crippen LogP contribution in [0.3, 0.4) is 0 Å². The molecular formula is C16H19N3O3S. The number of aromatic nitrogens is 1. The number of nitrogens with one attached hydrogen (secondary N) is 2. The molecule has 0 fully saturated rings. The molecule has 0 aliphatic heterocycles. The van der Waals surface area contributed by atoms with E-state index in [1.165, 1.54) is 7.11 Å². The van der Waals surface area contributed by atoms with E-state index >= 15 is 0 Å². The molecule has 0 atom stereocenters. The molecule has 0 spiro atoms. The molecule has 6 nitrogen and oxygen atoms in total. The van der Waals surface area contributed by atoms with E-state index in [2.05, 4.69) is 20.4 Å². The highest BCUT2D eigenvalue weighted by Crippen LogP contribution is 2.23. The summed E-state index contributed by atoms with van der Waals surface area (Å²) in [5.74, 6) is -0.227. The van der Waals surface area contributed by atoms with Crippen LogP contribution in [-0.4, -0.2) is 30.6 Å². The SMILES string of the molecule is COC(=O)CCCCNC(=O)Nc1ccc(-c2nccs2)cc1. The van der Waals surface area contributed by atoms with Gasteiger partial charge in [-0.3, -0.25) is 4.79 Å². The van der Waals surface area contributed by atoms with Crippen LogP contribution in [-0.2, 0) is 9.53 Å². The maximum atomic E-state index is 11.8. The number of carbonyl (C=O) groups is 2. The number of esters is 1. The van der Waals surface area contributed by atoms with Gasteiger partial charge in [0.05, 0.1) is 7.11 Å². The van der Waals surface area contributed by atoms with Gasteiger partial charge in [0.15, 0.2) is 0 Å². The zero-order valence-electron chi connectivity index (χ0n) is 12.9. The normalized spacial score (nSPS) is 10.1. The van der Waals surface area contributed by atoms with E-state index in [0.717, 1.165) is 22.7 Å². The number of anilines is 1. The Balaban J connectivity index is 1.70. The summed E-state index contributed by atoms with van der Waals surface area (Å²) >= 11 is 1.57. The monoisotopic (exact) mass is 333 g/mol. The minimum atomic E-state index is -0.259. The molecule has 0 radical (unpaired) electrons. The van der Waals surface area contributed by atoms with Crippen molar-refractivity contribution < 1.29 is 14.3 Å². The summed E-state index contributed by atoms with van der Waals surface area (Å²) in [6, 6.07) is 7.27. The largest absolute Gasteiger partial charge is 0.469 e. The molecule has 0 saturated heterocycles. The Bertz CT molecular complexity index is 627. The third-order valence-corrected chi connectivity index (χ3v) is 3.97. The minimum Gasteiger partial charge on any atom is -0.469 e. The molecule has 23 heavy (non-hydrogen) atoms. The van der Waals surface area contributed by atoms with Gasteiger partial charge in [-0.2, -0.15) is 0 Å². The van der Waals surface area contributed by atoms with Crippen LogP contribution in [0.15, 0.2) is 35.8 Å². The third kappa shape index (κ3) is 5.71. The summed E-state index contributed by atoms with van der Waals surface area (Å²) in [6.45, 7) is 0.514. The number of thiazole rings is 1. The molecule has 0 aliphatic rings. The number of ether oxygens (including phenoxy) is 1. The van der Waals surface area contributed by atoms with Crippen LogP contribution in [0.1, 0.15) is 19.3 Å². The maximum Gasteiger partial charge on any atom is 0.319 e. The second-order valence-electron chi connectivity index (χ2n) is 4.83. The van der Waals surface area contributed by atoms with Crippen molar-refractivity contribution in [2.45, 2.75) is 19.3 Å². The molecule has 2 amide bonds. The van der Waals surface area contributed by atoms with Gasteiger partial charge in [0.1, 0.15) is 5.01 Å². The fourth-order valence-electron chi connectivity index (χ4n) is 1.94. The van der Waals surface area contributed by atoms with Crippen LogP contribution in [0, 0.1) is 0 Å². The summed E-state index contributed by atoms with van der Waals surface area (Å²) in [4.78, 5) is 26.9. The first-order chi connectivity index (χ1) is 11.2. The van der Waals surface area contributed by atoms with Gasteiger partial charge >= 0.3 is 12.0 Å². The zero-order valence-corrected chi connectivity index (χ0v) is 13.7. The zero-order chi connectivity index (χ0) is 16.5. The van der Waals surface area contributed by atoms with E-state index in [0.29, 0.717) is 19.4 Å². The number of methoxy groups -OCH3 is 1. The summed E-state index contributed by atoms with van der Waals surface area (Å²) < 4.78 is 4.55. The average Bonchev–Trinajstić information content (AvgIpc) is 3.09. The van der Waals surface area contributed by atoms with Gasteiger partial charge in [0.25, 0.3) is 0 Å². The van der Waals surface area contributed by atoms with Crippen LogP contribution in [0.5, 0.6) is 0 Å². The quantitative estimate of drug-likeness (QED) is 0.602. The molecule has 2 rings (SSSR count). The Morgan fingerprint density at radius 2 is 2.00 bits per heavy atom. The summed E-state index contributed by atoms with van der Waals surface area (Å²) in [7, 11) is 1.37. The highest BCUT2D eigenvalue weighted by molar-refractivity contribution is 7.13. The van der Waals surface area contributed by atoms with Crippen molar-refractivity contribution in [1.29, 1.82) is 0 Å². The first-order valence-corrected chi connectivity index (χ1v) is 8.18. The van der Waals surface area contributed by atoms with Crippen LogP contribution in [0.2, 0.25) is 0 Å². The van der Waals surface area contributed by atoms with Crippen LogP contribution in [0.25, 0.3) is 10.6 Å². The fourth-order valence-corrected chi connectivity index (χ4v) is 2.58. The van der Waals surface area contributed by atoms with E-state index in [1.54, 1.807) is 17.5 Å². The number of carbonyl (C=O) groups excluding carboxylic acids is 2. The lowest BCUT2D eigenvalue weighted by Crippen LogP contribution is -2.29. The number of rotatable bonds is 7. The Hall–Kier alpha value is -2.41. The van der Waals surface area contributed by atoms with E-state index < -0.39 is 0 Å². The lowest BCUT2D eigenvalue weighted by molar-refractivity contribution is -0.140. The third-order valence-electron chi connectivity index (χ3n) is 3.14. The molecule has 1 aromatic heterocycles. The van der Waals surface area contributed by atoms with Gasteiger partial charge in [-0.15, -0.1) is 11.3 Å². The number of urea groups is 1. The molecule has 122 valence electrons. The summed E-state index contributed by atoms with van der Waals surface area (Å²) in [5, 5.41) is 8.40. The number of hydrogen-bond donors (Lipinski definition) is 2. The predicted octanol–water partition coefficient (Wildman–Crippen LogP) is 3.27. The summed E-state index contributed by atoms with van der Waals surface area (Å²) in [6.07, 6.45) is 3.55. The molecule has 0 saturated carbocycles. The highest BCUT2D eigenvalue weighted by Gasteiger charge is 2.04. The van der Waals surface area contributed by atoms with Crippen LogP contribution < -0.4 is 10.6 Å². The minimum absolute atomic E-state index is 0.227. The van der Waals surface area contributed by atoms with Crippen molar-refractivity contribution in [3.05, 3.63) is 35.8 Å². The van der Waals surface area contributed by atoms with E-state index in [9.17, 15) is 9.59 Å². The molecular weight excluding hydrogens is 314 g/mol. The maximum absolute atomic E-state index is 11.8. The van der Waals surface area contributed by atoms with Crippen molar-refractivity contribution in [1.82, 2.24) is 10.3 Å². The second-order valence-corrected chi connectivity index (χ2v) is 5.72. The Labute approximate surface area is 138 Å². The molecule has 0 unspecified atom stereocenters. The average molecular weight is 333 g/mol. The van der Waals surface area contributed by atoms with Crippen molar-refractivity contribution in [3.63, 3.8) is 0 Å². The van der Waals surface area contributed by atoms with Gasteiger partial charge in [-0.1, -0.05) is 0 Å². The van der Waals surface area contributed by atoms with Crippen molar-refractivity contribution in [3.8, 4) is 10.6 Å². The van der Waals surface area contributed by atoms with Gasteiger partial charge in [-0.05, 0) is 37.1 Å². The van der Waals surface area contributed by atoms with Gasteiger partial charge in [-0.25, -0.2) is 9.78 Å². The van der Waals surface area contributed by atoms with E-state index in [4.69, 9.17) is 0 Å². The molecule has 1 aromatic carbocycles. The fraction of sp³-hybridized carbons (Fsp3) is 0.312. The van der Waals surface area contributed by atoms with Crippen molar-refractivity contribution in [2.24, 2.45) is 0 Å². The van der Waals surface area contributed by atoms with Gasteiger partial charge < -0.3 is 15.4 Å². The van der Waals surface area contributed by atoms with E-state index in [1.807, 2.05) is 29.6 Å². The Kier molecular flexibility index (Phi) is 6.56. The van der Waals surface area contributed by atoms with Crippen molar-refractivity contribution in [2.75, 3.05) is 19.0 Å². The highest BCUT2D eigenvalue weighted by atomic mass is 32.1. The smallest absolute Gasteiger partial charge is 0.319 e. The van der Waals surface area contributed by atoms with Crippen LogP contribution in [0.4, 0.5) is 10.5 Å². The molecule has 0 aliphatic carbocycles. The number of nitrogens with zero attached hydrogens (tertiary/aromatic N) is 1. The predicted molar refractivity (Wildman–Crippen MR) is 90.4 cm³/mol. The first-order valence-electron chi connectivity index (χ1n) is 7.30. The summed E-state index contributed by atoms with van der Waals surface area (Å²) in [5.41, 5.74) is 1.74. The second kappa shape index (κ2) is 8.89. The lowest BCUT2D eigenvalue weighted by atomic mass is 10.2. The molecule has 2 N–H and O–H groups in total. The Morgan fingerprint density at radius 1 is 1.22 bits per heavy atom. The standard InChI is InChI=1S/C16H19N3O3S/c1-22-14(20)4-2-3-9-18-16(21)19-13-7-5-12(6-8-13)15-17-10-11-23-15/h5-8,10-11H,2-4,9H2,1H3,(H2,18,19,21). The first kappa shape index (κ1) is 17.0. The van der Waals surface area contributed by atoms with Gasteiger partial charge in [0.2, 0.25) is 0 Å². The molecule has 1 heterocycles. The van der Waals surface area contributed by atoms with Crippen molar-refractivity contribution >= 4 is 29.0 Å². The van der Waals surface area contributed by atoms with Crippen LogP contribution >= 0.6 is 11.3 Å². The Morgan fingerprint density at radius 3 is 2.65 bits per heavy atom. The number of benzene rings is 1. The lowest BCUT2D eigenvalue weighted by Gasteiger charge is -2.08. The number of unbranched alkanes of at least 4 members (excludes halogenated alkanes) is 1. The molecule has 0 bridgehead atoms. The molecule has 7 heteroatoms. The molecule has 2 aromatic rings. The number of amides is 2. The topological polar surface area (TPSA) is 80.3 Å². The van der Waals surface area contributed by atoms with Gasteiger partial charge in [0, 0.05) is 35.8 Å². The number of hydrogen-bond acceptors (Lipinski definition) is 5. The van der Waals surface area contributed by atoms with E-state index in [-0.39, 0.29) is 12.0 Å².